The molecule has 0 saturated carbocycles. The zero-order valence-electron chi connectivity index (χ0n) is 16.4. The van der Waals surface area contributed by atoms with E-state index < -0.39 is 24.5 Å². The van der Waals surface area contributed by atoms with Crippen LogP contribution < -0.4 is 0 Å². The van der Waals surface area contributed by atoms with Gasteiger partial charge in [0.25, 0.3) is 0 Å². The lowest BCUT2D eigenvalue weighted by molar-refractivity contribution is -0.273. The van der Waals surface area contributed by atoms with Crippen LogP contribution >= 0.6 is 0 Å². The molecular weight excluding hydrogens is 348 g/mol. The van der Waals surface area contributed by atoms with Crippen LogP contribution in [0.4, 0.5) is 0 Å². The van der Waals surface area contributed by atoms with Crippen LogP contribution in [0.3, 0.4) is 0 Å². The first-order valence-electron chi connectivity index (χ1n) is 9.32. The number of hydrogen-bond acceptors (Lipinski definition) is 6. The van der Waals surface area contributed by atoms with Crippen molar-refractivity contribution in [2.24, 2.45) is 0 Å². The molecule has 27 heavy (non-hydrogen) atoms. The maximum absolute atomic E-state index is 11.7. The van der Waals surface area contributed by atoms with Gasteiger partial charge in [0.2, 0.25) is 0 Å². The third-order valence-electron chi connectivity index (χ3n) is 4.14. The van der Waals surface area contributed by atoms with E-state index in [1.807, 2.05) is 26.0 Å². The van der Waals surface area contributed by atoms with E-state index in [0.29, 0.717) is 12.8 Å². The molecule has 0 radical (unpaired) electrons. The average molecular weight is 380 g/mol. The highest BCUT2D eigenvalue weighted by Crippen LogP contribution is 2.22. The fraction of sp³-hybridized carbons (Fsp3) is 0.571. The Bertz CT molecular complexity index is 551. The Kier molecular flexibility index (Phi) is 10.9. The summed E-state index contributed by atoms with van der Waals surface area (Å²) >= 11 is 0. The normalized spacial score (nSPS) is 27.8. The van der Waals surface area contributed by atoms with Gasteiger partial charge >= 0.3 is 5.97 Å². The van der Waals surface area contributed by atoms with Crippen molar-refractivity contribution in [3.8, 4) is 0 Å². The summed E-state index contributed by atoms with van der Waals surface area (Å²) in [4.78, 5) is 11.7. The van der Waals surface area contributed by atoms with Crippen LogP contribution in [0, 0.1) is 0 Å². The van der Waals surface area contributed by atoms with Crippen LogP contribution in [0.5, 0.6) is 0 Å². The number of aliphatic hydroxyl groups is 2. The van der Waals surface area contributed by atoms with Gasteiger partial charge in [-0.15, -0.1) is 0 Å². The molecule has 1 heterocycles. The minimum absolute atomic E-state index is 0.162. The molecule has 1 fully saturated rings. The monoisotopic (exact) mass is 380 g/mol. The summed E-state index contributed by atoms with van der Waals surface area (Å²) in [6, 6.07) is 0. The van der Waals surface area contributed by atoms with Gasteiger partial charge in [0.1, 0.15) is 12.7 Å². The topological polar surface area (TPSA) is 85.2 Å². The van der Waals surface area contributed by atoms with Crippen LogP contribution in [-0.4, -0.2) is 53.5 Å². The second-order valence-electron chi connectivity index (χ2n) is 6.59. The lowest BCUT2D eigenvalue weighted by atomic mass is 10.0. The van der Waals surface area contributed by atoms with E-state index >= 15 is 0 Å². The van der Waals surface area contributed by atoms with Crippen molar-refractivity contribution in [2.75, 3.05) is 6.61 Å². The van der Waals surface area contributed by atoms with Crippen LogP contribution in [0.25, 0.3) is 0 Å². The van der Waals surface area contributed by atoms with Crippen molar-refractivity contribution in [1.82, 2.24) is 0 Å². The fourth-order valence-corrected chi connectivity index (χ4v) is 2.59. The maximum atomic E-state index is 11.7. The Balaban J connectivity index is 2.30. The molecule has 1 aliphatic heterocycles. The minimum atomic E-state index is -0.848. The van der Waals surface area contributed by atoms with Gasteiger partial charge in [0.15, 0.2) is 6.29 Å². The van der Waals surface area contributed by atoms with Gasteiger partial charge < -0.3 is 24.4 Å². The van der Waals surface area contributed by atoms with Gasteiger partial charge in [-0.25, -0.2) is 4.79 Å². The third-order valence-corrected chi connectivity index (χ3v) is 4.14. The molecule has 1 rings (SSSR count). The zero-order valence-corrected chi connectivity index (χ0v) is 16.4. The number of allylic oxidation sites excluding steroid dienone is 4. The smallest absolute Gasteiger partial charge is 0.330 e. The minimum Gasteiger partial charge on any atom is -0.458 e. The van der Waals surface area contributed by atoms with E-state index in [1.165, 1.54) is 6.08 Å². The number of hydrogen-bond donors (Lipinski definition) is 2. The summed E-state index contributed by atoms with van der Waals surface area (Å²) in [5, 5.41) is 19.6. The second-order valence-corrected chi connectivity index (χ2v) is 6.59. The summed E-state index contributed by atoms with van der Waals surface area (Å²) in [6.45, 7) is 9.34. The summed E-state index contributed by atoms with van der Waals surface area (Å²) in [5.41, 5.74) is 0.863. The Morgan fingerprint density at radius 3 is 2.74 bits per heavy atom. The molecule has 0 amide bonds. The largest absolute Gasteiger partial charge is 0.458 e. The summed E-state index contributed by atoms with van der Waals surface area (Å²) in [7, 11) is 0. The van der Waals surface area contributed by atoms with E-state index in [0.717, 1.165) is 5.57 Å². The Morgan fingerprint density at radius 2 is 2.07 bits per heavy atom. The van der Waals surface area contributed by atoms with Crippen LogP contribution in [-0.2, 0) is 19.0 Å². The van der Waals surface area contributed by atoms with Crippen molar-refractivity contribution < 1.29 is 29.2 Å². The number of carbonyl (C=O) groups is 1. The van der Waals surface area contributed by atoms with E-state index in [4.69, 9.17) is 14.2 Å². The van der Waals surface area contributed by atoms with Gasteiger partial charge in [-0.05, 0) is 39.2 Å². The second kappa shape index (κ2) is 12.6. The molecule has 0 aromatic heterocycles. The highest BCUT2D eigenvalue weighted by molar-refractivity contribution is 5.82. The molecule has 0 bridgehead atoms. The van der Waals surface area contributed by atoms with Crippen molar-refractivity contribution >= 4 is 5.97 Å². The standard InChI is InChI=1S/C21H32O6/c1-5-9-17(10-6-2)14-25-20(24)12-8-7-11-15(3)26-21-19(23)13-18(22)16(4)27-21/h5-6,8-10,12,15-16,18-19,21-23H,1,7,11,13-14H2,2-4H3/b10-6-,12-8+,17-9+/t15-,16+,18?,19-,21-/m1/s1. The molecule has 6 nitrogen and oxygen atoms in total. The van der Waals surface area contributed by atoms with Gasteiger partial charge in [0.05, 0.1) is 18.3 Å². The number of aliphatic hydroxyl groups excluding tert-OH is 2. The molecule has 1 aliphatic rings. The van der Waals surface area contributed by atoms with Gasteiger partial charge in [0, 0.05) is 12.5 Å². The molecular formula is C21H32O6. The molecule has 0 aromatic carbocycles. The quantitative estimate of drug-likeness (QED) is 0.344. The first-order chi connectivity index (χ1) is 12.9. The predicted molar refractivity (Wildman–Crippen MR) is 104 cm³/mol. The van der Waals surface area contributed by atoms with E-state index in [1.54, 1.807) is 25.2 Å². The Hall–Kier alpha value is -1.73. The van der Waals surface area contributed by atoms with E-state index in [9.17, 15) is 15.0 Å². The SMILES string of the molecule is C=C/C=C(\C=C/C)COC(=O)/C=C/CC[C@@H](C)O[C@@H]1O[C@@H](C)C(O)C[C@H]1O. The lowest BCUT2D eigenvalue weighted by Crippen LogP contribution is -2.48. The number of esters is 1. The fourth-order valence-electron chi connectivity index (χ4n) is 2.59. The molecule has 1 unspecified atom stereocenters. The molecule has 0 spiro atoms. The first kappa shape index (κ1) is 23.3. The summed E-state index contributed by atoms with van der Waals surface area (Å²) < 4.78 is 16.4. The third kappa shape index (κ3) is 9.15. The van der Waals surface area contributed by atoms with Crippen LogP contribution in [0.15, 0.2) is 48.6 Å². The number of carbonyl (C=O) groups excluding carboxylic acids is 1. The molecule has 5 atom stereocenters. The van der Waals surface area contributed by atoms with E-state index in [2.05, 4.69) is 6.58 Å². The summed E-state index contributed by atoms with van der Waals surface area (Å²) in [5.74, 6) is -0.406. The first-order valence-corrected chi connectivity index (χ1v) is 9.32. The summed E-state index contributed by atoms with van der Waals surface area (Å²) in [6.07, 6.45) is 9.02. The highest BCUT2D eigenvalue weighted by Gasteiger charge is 2.35. The van der Waals surface area contributed by atoms with Gasteiger partial charge in [-0.3, -0.25) is 0 Å². The van der Waals surface area contributed by atoms with Crippen molar-refractivity contribution in [1.29, 1.82) is 0 Å². The molecule has 6 heteroatoms. The zero-order chi connectivity index (χ0) is 20.2. The molecule has 1 saturated heterocycles. The van der Waals surface area contributed by atoms with Gasteiger partial charge in [-0.2, -0.15) is 0 Å². The molecule has 2 N–H and O–H groups in total. The Labute approximate surface area is 161 Å². The van der Waals surface area contributed by atoms with Crippen molar-refractivity contribution in [3.05, 3.63) is 48.6 Å². The lowest BCUT2D eigenvalue weighted by Gasteiger charge is -2.36. The predicted octanol–water partition coefficient (Wildman–Crippen LogP) is 2.82. The molecule has 152 valence electrons. The number of ether oxygens (including phenoxy) is 3. The van der Waals surface area contributed by atoms with E-state index in [-0.39, 0.29) is 25.2 Å². The molecule has 0 aliphatic carbocycles. The van der Waals surface area contributed by atoms with Crippen LogP contribution in [0.1, 0.15) is 40.0 Å². The van der Waals surface area contributed by atoms with Crippen molar-refractivity contribution in [2.45, 2.75) is 70.7 Å². The van der Waals surface area contributed by atoms with Gasteiger partial charge in [-0.1, -0.05) is 37.0 Å². The Morgan fingerprint density at radius 1 is 1.33 bits per heavy atom. The van der Waals surface area contributed by atoms with Crippen molar-refractivity contribution in [3.63, 3.8) is 0 Å². The maximum Gasteiger partial charge on any atom is 0.330 e. The van der Waals surface area contributed by atoms with Crippen LogP contribution in [0.2, 0.25) is 0 Å². The number of rotatable bonds is 10. The molecule has 0 aromatic rings. The highest BCUT2D eigenvalue weighted by atomic mass is 16.7. The average Bonchev–Trinajstić information content (AvgIpc) is 2.61.